The minimum atomic E-state index is -0.783. The molecule has 0 aromatic carbocycles. The number of aromatic nitrogens is 2. The van der Waals surface area contributed by atoms with Crippen molar-refractivity contribution in [3.63, 3.8) is 0 Å². The molecule has 0 radical (unpaired) electrons. The summed E-state index contributed by atoms with van der Waals surface area (Å²) in [5.41, 5.74) is 0.638. The van der Waals surface area contributed by atoms with Crippen LogP contribution in [0, 0.1) is 5.92 Å². The number of carboxylic acids is 1. The van der Waals surface area contributed by atoms with Crippen molar-refractivity contribution >= 4 is 17.7 Å². The lowest BCUT2D eigenvalue weighted by atomic mass is 10.0. The molecule has 1 aromatic rings. The highest BCUT2D eigenvalue weighted by Gasteiger charge is 2.07. The van der Waals surface area contributed by atoms with E-state index in [4.69, 9.17) is 5.11 Å². The molecular formula is C12H20N4O3. The van der Waals surface area contributed by atoms with E-state index in [1.165, 1.54) is 0 Å². The number of nitrogens with zero attached hydrogens (tertiary/aromatic N) is 2. The van der Waals surface area contributed by atoms with Crippen LogP contribution >= 0.6 is 0 Å². The molecule has 0 saturated carbocycles. The van der Waals surface area contributed by atoms with Gasteiger partial charge in [0, 0.05) is 26.2 Å². The molecule has 19 heavy (non-hydrogen) atoms. The van der Waals surface area contributed by atoms with E-state index in [9.17, 15) is 9.59 Å². The summed E-state index contributed by atoms with van der Waals surface area (Å²) in [5.74, 6) is -0.510. The van der Waals surface area contributed by atoms with Gasteiger partial charge in [-0.25, -0.2) is 4.79 Å². The number of hydrogen-bond acceptors (Lipinski definition) is 3. The topological polar surface area (TPSA) is 96.3 Å². The molecular weight excluding hydrogens is 248 g/mol. The molecule has 1 aromatic heterocycles. The molecule has 0 aliphatic rings. The first-order valence-electron chi connectivity index (χ1n) is 6.22. The maximum atomic E-state index is 11.5. The van der Waals surface area contributed by atoms with Crippen LogP contribution in [0.3, 0.4) is 0 Å². The molecule has 0 bridgehead atoms. The van der Waals surface area contributed by atoms with Crippen molar-refractivity contribution in [3.8, 4) is 0 Å². The molecule has 1 unspecified atom stereocenters. The predicted octanol–water partition coefficient (Wildman–Crippen LogP) is 1.43. The monoisotopic (exact) mass is 268 g/mol. The summed E-state index contributed by atoms with van der Waals surface area (Å²) in [6.07, 6.45) is 4.82. The number of carbonyl (C=O) groups excluding carboxylic acids is 1. The average molecular weight is 268 g/mol. The Labute approximate surface area is 112 Å². The standard InChI is InChI=1S/C12H20N4O3/c1-9(3-4-11(17)18)5-6-13-12(19)15-10-7-14-16(2)8-10/h7-9H,3-6H2,1-2H3,(H,17,18)(H2,13,15,19). The summed E-state index contributed by atoms with van der Waals surface area (Å²) < 4.78 is 1.60. The highest BCUT2D eigenvalue weighted by molar-refractivity contribution is 5.88. The van der Waals surface area contributed by atoms with Gasteiger partial charge in [0.1, 0.15) is 0 Å². The predicted molar refractivity (Wildman–Crippen MR) is 70.9 cm³/mol. The number of anilines is 1. The Bertz CT molecular complexity index is 430. The molecule has 106 valence electrons. The van der Waals surface area contributed by atoms with Crippen LogP contribution in [0.5, 0.6) is 0 Å². The van der Waals surface area contributed by atoms with Gasteiger partial charge in [-0.05, 0) is 18.8 Å². The Morgan fingerprint density at radius 1 is 1.47 bits per heavy atom. The molecule has 0 saturated heterocycles. The molecule has 1 rings (SSSR count). The van der Waals surface area contributed by atoms with E-state index >= 15 is 0 Å². The van der Waals surface area contributed by atoms with E-state index in [2.05, 4.69) is 15.7 Å². The highest BCUT2D eigenvalue weighted by atomic mass is 16.4. The van der Waals surface area contributed by atoms with Crippen LogP contribution in [0.4, 0.5) is 10.5 Å². The van der Waals surface area contributed by atoms with E-state index < -0.39 is 5.97 Å². The third kappa shape index (κ3) is 6.44. The van der Waals surface area contributed by atoms with E-state index in [0.717, 1.165) is 6.42 Å². The van der Waals surface area contributed by atoms with Crippen LogP contribution in [-0.2, 0) is 11.8 Å². The van der Waals surface area contributed by atoms with Gasteiger partial charge >= 0.3 is 12.0 Å². The van der Waals surface area contributed by atoms with Gasteiger partial charge in [0.2, 0.25) is 0 Å². The Kier molecular flexibility index (Phi) is 5.84. The van der Waals surface area contributed by atoms with Gasteiger partial charge in [-0.1, -0.05) is 6.92 Å². The number of amides is 2. The number of nitrogens with one attached hydrogen (secondary N) is 2. The first-order valence-corrected chi connectivity index (χ1v) is 6.22. The van der Waals surface area contributed by atoms with Crippen molar-refractivity contribution in [2.45, 2.75) is 26.2 Å². The zero-order valence-corrected chi connectivity index (χ0v) is 11.2. The van der Waals surface area contributed by atoms with Gasteiger partial charge in [-0.3, -0.25) is 9.48 Å². The maximum Gasteiger partial charge on any atom is 0.319 e. The molecule has 2 amide bonds. The molecule has 0 fully saturated rings. The van der Waals surface area contributed by atoms with Gasteiger partial charge in [-0.2, -0.15) is 5.10 Å². The Balaban J connectivity index is 2.15. The minimum Gasteiger partial charge on any atom is -0.481 e. The second kappa shape index (κ2) is 7.40. The number of carboxylic acid groups (broad SMARTS) is 1. The Morgan fingerprint density at radius 2 is 2.21 bits per heavy atom. The molecule has 7 heteroatoms. The van der Waals surface area contributed by atoms with Crippen molar-refractivity contribution in [1.82, 2.24) is 15.1 Å². The summed E-state index contributed by atoms with van der Waals surface area (Å²) in [6.45, 7) is 2.50. The molecule has 1 heterocycles. The zero-order chi connectivity index (χ0) is 14.3. The lowest BCUT2D eigenvalue weighted by Gasteiger charge is -2.10. The number of urea groups is 1. The SMILES string of the molecule is CC(CCNC(=O)Nc1cnn(C)c1)CCC(=O)O. The normalized spacial score (nSPS) is 11.9. The van der Waals surface area contributed by atoms with Crippen molar-refractivity contribution in [3.05, 3.63) is 12.4 Å². The largest absolute Gasteiger partial charge is 0.481 e. The quantitative estimate of drug-likeness (QED) is 0.697. The molecule has 0 spiro atoms. The number of rotatable bonds is 7. The second-order valence-electron chi connectivity index (χ2n) is 4.61. The van der Waals surface area contributed by atoms with Crippen LogP contribution < -0.4 is 10.6 Å². The fourth-order valence-corrected chi connectivity index (χ4v) is 1.61. The Hall–Kier alpha value is -2.05. The number of aryl methyl sites for hydroxylation is 1. The van der Waals surface area contributed by atoms with Gasteiger partial charge in [0.25, 0.3) is 0 Å². The first-order chi connectivity index (χ1) is 8.97. The third-order valence-corrected chi connectivity index (χ3v) is 2.74. The zero-order valence-electron chi connectivity index (χ0n) is 11.2. The Morgan fingerprint density at radius 3 is 2.79 bits per heavy atom. The number of carbonyl (C=O) groups is 2. The van der Waals surface area contributed by atoms with Crippen LogP contribution in [0.1, 0.15) is 26.2 Å². The first kappa shape index (κ1) is 15.0. The molecule has 0 aliphatic heterocycles. The van der Waals surface area contributed by atoms with E-state index in [0.29, 0.717) is 18.7 Å². The van der Waals surface area contributed by atoms with Gasteiger partial charge in [0.15, 0.2) is 0 Å². The molecule has 0 aliphatic carbocycles. The van der Waals surface area contributed by atoms with E-state index in [1.54, 1.807) is 24.1 Å². The second-order valence-corrected chi connectivity index (χ2v) is 4.61. The van der Waals surface area contributed by atoms with Crippen molar-refractivity contribution in [2.24, 2.45) is 13.0 Å². The average Bonchev–Trinajstić information content (AvgIpc) is 2.72. The van der Waals surface area contributed by atoms with Crippen LogP contribution in [0.25, 0.3) is 0 Å². The summed E-state index contributed by atoms with van der Waals surface area (Å²) >= 11 is 0. The van der Waals surface area contributed by atoms with Crippen LogP contribution in [-0.4, -0.2) is 33.4 Å². The fraction of sp³-hybridized carbons (Fsp3) is 0.583. The summed E-state index contributed by atoms with van der Waals surface area (Å²) in [7, 11) is 1.77. The lowest BCUT2D eigenvalue weighted by molar-refractivity contribution is -0.137. The smallest absolute Gasteiger partial charge is 0.319 e. The van der Waals surface area contributed by atoms with Crippen LogP contribution in [0.2, 0.25) is 0 Å². The summed E-state index contributed by atoms with van der Waals surface area (Å²) in [4.78, 5) is 21.9. The van der Waals surface area contributed by atoms with Crippen molar-refractivity contribution in [1.29, 1.82) is 0 Å². The molecule has 3 N–H and O–H groups in total. The van der Waals surface area contributed by atoms with Crippen LogP contribution in [0.15, 0.2) is 12.4 Å². The lowest BCUT2D eigenvalue weighted by Crippen LogP contribution is -2.30. The van der Waals surface area contributed by atoms with Crippen molar-refractivity contribution in [2.75, 3.05) is 11.9 Å². The number of aliphatic carboxylic acids is 1. The van der Waals surface area contributed by atoms with Gasteiger partial charge in [-0.15, -0.1) is 0 Å². The minimum absolute atomic E-state index is 0.170. The summed E-state index contributed by atoms with van der Waals surface area (Å²) in [5, 5.41) is 17.9. The fourth-order valence-electron chi connectivity index (χ4n) is 1.61. The third-order valence-electron chi connectivity index (χ3n) is 2.74. The van der Waals surface area contributed by atoms with Gasteiger partial charge in [0.05, 0.1) is 11.9 Å². The maximum absolute atomic E-state index is 11.5. The van der Waals surface area contributed by atoms with Gasteiger partial charge < -0.3 is 15.7 Å². The summed E-state index contributed by atoms with van der Waals surface area (Å²) in [6, 6.07) is -0.279. The molecule has 7 nitrogen and oxygen atoms in total. The van der Waals surface area contributed by atoms with E-state index in [1.807, 2.05) is 6.92 Å². The number of hydrogen-bond donors (Lipinski definition) is 3. The van der Waals surface area contributed by atoms with E-state index in [-0.39, 0.29) is 18.4 Å². The molecule has 1 atom stereocenters. The highest BCUT2D eigenvalue weighted by Crippen LogP contribution is 2.09. The van der Waals surface area contributed by atoms with Crippen molar-refractivity contribution < 1.29 is 14.7 Å².